The van der Waals surface area contributed by atoms with E-state index in [-0.39, 0.29) is 0 Å². The van der Waals surface area contributed by atoms with Crippen molar-refractivity contribution in [2.75, 3.05) is 0 Å². The Balaban J connectivity index is 1.31. The van der Waals surface area contributed by atoms with E-state index < -0.39 is 5.66 Å². The van der Waals surface area contributed by atoms with Crippen molar-refractivity contribution in [2.45, 2.75) is 5.66 Å². The number of pyridine rings is 4. The highest BCUT2D eigenvalue weighted by atomic mass is 16.5. The summed E-state index contributed by atoms with van der Waals surface area (Å²) in [4.78, 5) is 0. The molecule has 52 heavy (non-hydrogen) atoms. The highest BCUT2D eigenvalue weighted by molar-refractivity contribution is 6.29. The fourth-order valence-corrected chi connectivity index (χ4v) is 11.1. The van der Waals surface area contributed by atoms with Crippen molar-refractivity contribution in [3.63, 3.8) is 0 Å². The number of benzene rings is 6. The molecule has 236 valence electrons. The van der Waals surface area contributed by atoms with Gasteiger partial charge >= 0.3 is 17.0 Å². The molecule has 5 nitrogen and oxygen atoms in total. The zero-order chi connectivity index (χ0) is 33.2. The summed E-state index contributed by atoms with van der Waals surface area (Å²) < 4.78 is 17.3. The summed E-state index contributed by atoms with van der Waals surface area (Å²) in [5.74, 6) is 1.70. The number of hydrogen-bond acceptors (Lipinski definition) is 1. The molecule has 0 radical (unpaired) electrons. The predicted octanol–water partition coefficient (Wildman–Crippen LogP) is 10.0. The first kappa shape index (κ1) is 25.0. The van der Waals surface area contributed by atoms with Crippen LogP contribution in [0.25, 0.3) is 97.7 Å². The molecular formula is C47H24N4O+2. The first-order valence-electron chi connectivity index (χ1n) is 18.0. The molecule has 9 heterocycles. The summed E-state index contributed by atoms with van der Waals surface area (Å²) in [6, 6.07) is 54.1. The lowest BCUT2D eigenvalue weighted by Gasteiger charge is -2.27. The molecule has 6 aromatic carbocycles. The van der Waals surface area contributed by atoms with Gasteiger partial charge in [-0.1, -0.05) is 91.0 Å². The third kappa shape index (κ3) is 2.32. The molecule has 3 aliphatic heterocycles. The minimum absolute atomic E-state index is 0.759. The van der Waals surface area contributed by atoms with Gasteiger partial charge in [0.2, 0.25) is 11.4 Å². The summed E-state index contributed by atoms with van der Waals surface area (Å²) in [6.45, 7) is 0. The van der Waals surface area contributed by atoms with Crippen LogP contribution in [0.15, 0.2) is 146 Å². The van der Waals surface area contributed by atoms with Crippen LogP contribution in [0.5, 0.6) is 11.8 Å². The Morgan fingerprint density at radius 3 is 1.52 bits per heavy atom. The lowest BCUT2D eigenvalue weighted by Crippen LogP contribution is -2.74. The molecule has 12 aromatic rings. The minimum atomic E-state index is -0.759. The second kappa shape index (κ2) is 7.83. The van der Waals surface area contributed by atoms with E-state index in [2.05, 4.69) is 164 Å². The summed E-state index contributed by atoms with van der Waals surface area (Å²) in [5, 5.41) is 17.7. The van der Waals surface area contributed by atoms with Crippen molar-refractivity contribution in [1.29, 1.82) is 0 Å². The monoisotopic (exact) mass is 660 g/mol. The van der Waals surface area contributed by atoms with Crippen molar-refractivity contribution in [1.82, 2.24) is 8.80 Å². The summed E-state index contributed by atoms with van der Waals surface area (Å²) >= 11 is 0. The van der Waals surface area contributed by atoms with E-state index in [1.807, 2.05) is 0 Å². The fourth-order valence-electron chi connectivity index (χ4n) is 11.1. The van der Waals surface area contributed by atoms with Crippen LogP contribution in [0.1, 0.15) is 11.4 Å². The molecule has 1 atom stereocenters. The predicted molar refractivity (Wildman–Crippen MR) is 207 cm³/mol. The van der Waals surface area contributed by atoms with Crippen LogP contribution in [-0.4, -0.2) is 8.80 Å². The van der Waals surface area contributed by atoms with Crippen LogP contribution in [0.2, 0.25) is 0 Å². The van der Waals surface area contributed by atoms with Crippen molar-refractivity contribution < 1.29 is 13.9 Å². The molecule has 0 saturated carbocycles. The molecule has 3 aliphatic rings. The Bertz CT molecular complexity index is 3790. The Morgan fingerprint density at radius 1 is 0.365 bits per heavy atom. The van der Waals surface area contributed by atoms with Crippen molar-refractivity contribution in [2.24, 2.45) is 0 Å². The van der Waals surface area contributed by atoms with Crippen LogP contribution in [0, 0.1) is 0 Å². The molecule has 1 unspecified atom stereocenters. The van der Waals surface area contributed by atoms with Gasteiger partial charge in [0, 0.05) is 55.2 Å². The van der Waals surface area contributed by atoms with Crippen LogP contribution >= 0.6 is 0 Å². The van der Waals surface area contributed by atoms with E-state index in [4.69, 9.17) is 4.74 Å². The van der Waals surface area contributed by atoms with E-state index in [1.54, 1.807) is 0 Å². The lowest BCUT2D eigenvalue weighted by molar-refractivity contribution is -0.958. The average molecular weight is 661 g/mol. The van der Waals surface area contributed by atoms with E-state index in [0.29, 0.717) is 0 Å². The van der Waals surface area contributed by atoms with Crippen molar-refractivity contribution in [3.8, 4) is 11.8 Å². The molecule has 0 fully saturated rings. The fraction of sp³-hybridized carbons (Fsp3) is 0.0213. The molecule has 15 rings (SSSR count). The van der Waals surface area contributed by atoms with Gasteiger partial charge in [0.15, 0.2) is 0 Å². The van der Waals surface area contributed by atoms with Crippen LogP contribution < -0.4 is 13.9 Å². The van der Waals surface area contributed by atoms with Gasteiger partial charge in [0.1, 0.15) is 11.0 Å². The van der Waals surface area contributed by atoms with Crippen molar-refractivity contribution >= 4 is 97.7 Å². The normalized spacial score (nSPS) is 16.7. The average Bonchev–Trinajstić information content (AvgIpc) is 3.92. The molecule has 0 bridgehead atoms. The Labute approximate surface area is 293 Å². The maximum absolute atomic E-state index is 7.05. The van der Waals surface area contributed by atoms with Gasteiger partial charge in [-0.05, 0) is 64.0 Å². The highest BCUT2D eigenvalue weighted by Crippen LogP contribution is 2.54. The van der Waals surface area contributed by atoms with Gasteiger partial charge < -0.3 is 4.74 Å². The zero-order valence-electron chi connectivity index (χ0n) is 27.6. The number of nitrogens with zero attached hydrogens (tertiary/aromatic N) is 4. The van der Waals surface area contributed by atoms with Crippen LogP contribution in [0.3, 0.4) is 0 Å². The Kier molecular flexibility index (Phi) is 3.77. The number of fused-ring (bicyclic) bond motifs is 16. The van der Waals surface area contributed by atoms with Gasteiger partial charge in [0.05, 0.1) is 10.8 Å². The first-order chi connectivity index (χ1) is 25.8. The standard InChI is InChI=1S/C47H24N4O/c1-3-11-27-25(9-1)18-20-35-39(27)36-22-24-38-51-46(36)48-41(35)30-13-5-7-15-32(30)43(48)47(51)44-33-16-8-6-14-31(33)42-40-28-12-4-2-10-26(28)17-19-29(40)34-21-23-37(52-38)50(47)45(34)49(42)44/h1-24H/q+2. The van der Waals surface area contributed by atoms with Crippen LogP contribution in [-0.2, 0) is 5.66 Å². The molecule has 0 saturated heterocycles. The van der Waals surface area contributed by atoms with Gasteiger partial charge in [-0.3, -0.25) is 0 Å². The number of hydrogen-bond donors (Lipinski definition) is 0. The maximum Gasteiger partial charge on any atom is 0.386 e. The molecule has 6 aromatic heterocycles. The molecule has 0 amide bonds. The first-order valence-corrected chi connectivity index (χ1v) is 18.0. The quantitative estimate of drug-likeness (QED) is 0.117. The van der Waals surface area contributed by atoms with E-state index in [1.165, 1.54) is 109 Å². The van der Waals surface area contributed by atoms with Gasteiger partial charge in [0.25, 0.3) is 11.8 Å². The summed E-state index contributed by atoms with van der Waals surface area (Å²) in [5.41, 5.74) is 6.61. The maximum atomic E-state index is 7.05. The SMILES string of the molecule is c1ccc2c(c1)ccc1c2c2ccc3[n+]4c2n2c(c5ccccc5c12)C41c2c4ccccc4c4c5c6ccccc6ccc5c5ccc([n+]1c5n24)O3. The zero-order valence-corrected chi connectivity index (χ0v) is 27.6. The van der Waals surface area contributed by atoms with Crippen molar-refractivity contribution in [3.05, 3.63) is 157 Å². The van der Waals surface area contributed by atoms with Crippen LogP contribution in [0.4, 0.5) is 0 Å². The molecule has 5 heteroatoms. The van der Waals surface area contributed by atoms with Gasteiger partial charge in [-0.15, -0.1) is 9.13 Å². The molecule has 1 spiro atoms. The van der Waals surface area contributed by atoms with E-state index in [9.17, 15) is 0 Å². The topological polar surface area (TPSA) is 25.8 Å². The summed E-state index contributed by atoms with van der Waals surface area (Å²) in [6.07, 6.45) is 0. The molecular weight excluding hydrogens is 637 g/mol. The minimum Gasteiger partial charge on any atom is -0.386 e. The number of ether oxygens (including phenoxy) is 1. The number of rotatable bonds is 0. The second-order valence-corrected chi connectivity index (χ2v) is 14.8. The Hall–Kier alpha value is -6.98. The second-order valence-electron chi connectivity index (χ2n) is 14.8. The van der Waals surface area contributed by atoms with Gasteiger partial charge in [-0.2, -0.15) is 8.80 Å². The van der Waals surface area contributed by atoms with E-state index >= 15 is 0 Å². The number of aromatic nitrogens is 4. The third-order valence-electron chi connectivity index (χ3n) is 12.8. The molecule has 0 aliphatic carbocycles. The van der Waals surface area contributed by atoms with E-state index in [0.717, 1.165) is 11.8 Å². The van der Waals surface area contributed by atoms with Gasteiger partial charge in [-0.25, -0.2) is 0 Å². The largest absolute Gasteiger partial charge is 0.386 e. The Morgan fingerprint density at radius 2 is 0.846 bits per heavy atom. The molecule has 0 N–H and O–H groups in total. The lowest BCUT2D eigenvalue weighted by atomic mass is 9.93. The summed E-state index contributed by atoms with van der Waals surface area (Å²) in [7, 11) is 0. The smallest absolute Gasteiger partial charge is 0.386 e. The highest BCUT2D eigenvalue weighted by Gasteiger charge is 2.70. The third-order valence-corrected chi connectivity index (χ3v) is 12.8.